The number of carbonyl (C=O) groups is 1. The molecule has 1 aromatic heterocycles. The number of nitrogens with one attached hydrogen (secondary N) is 1. The van der Waals surface area contributed by atoms with Crippen molar-refractivity contribution in [1.82, 2.24) is 9.55 Å². The van der Waals surface area contributed by atoms with Crippen LogP contribution in [0.4, 0.5) is 5.69 Å². The Kier molecular flexibility index (Phi) is 7.55. The Morgan fingerprint density at radius 3 is 2.48 bits per heavy atom. The molecule has 0 aliphatic carbocycles. The van der Waals surface area contributed by atoms with Gasteiger partial charge >= 0.3 is 5.97 Å². The van der Waals surface area contributed by atoms with Crippen LogP contribution in [0.1, 0.15) is 26.3 Å². The molecule has 1 heterocycles. The molecule has 0 saturated heterocycles. The molecular formula is C20H27N3O5S. The van der Waals surface area contributed by atoms with Gasteiger partial charge < -0.3 is 19.5 Å². The lowest BCUT2D eigenvalue weighted by molar-refractivity contribution is -0.155. The number of ether oxygens (including phenoxy) is 3. The van der Waals surface area contributed by atoms with Crippen molar-refractivity contribution in [2.45, 2.75) is 44.6 Å². The zero-order chi connectivity index (χ0) is 21.6. The number of thioether (sulfide) groups is 1. The Bertz CT molecular complexity index is 921. The predicted molar refractivity (Wildman–Crippen MR) is 113 cm³/mol. The van der Waals surface area contributed by atoms with Gasteiger partial charge in [0.15, 0.2) is 16.7 Å². The van der Waals surface area contributed by atoms with Gasteiger partial charge in [0.2, 0.25) is 0 Å². The van der Waals surface area contributed by atoms with Crippen molar-refractivity contribution < 1.29 is 19.0 Å². The molecule has 2 rings (SSSR count). The summed E-state index contributed by atoms with van der Waals surface area (Å²) in [5.74, 6) is 0.737. The van der Waals surface area contributed by atoms with Crippen LogP contribution in [0.25, 0.3) is 0 Å². The molecule has 29 heavy (non-hydrogen) atoms. The third-order valence-electron chi connectivity index (χ3n) is 3.83. The van der Waals surface area contributed by atoms with E-state index < -0.39 is 11.6 Å². The standard InChI is InChI=1S/C20H27N3O5S/c1-20(2,3)28-17(24)12-23-18(25)14(11-22-19(23)29-6)21-10-13-7-8-15(26-4)16(9-13)27-5/h7-9,11,21H,10,12H2,1-6H3. The summed E-state index contributed by atoms with van der Waals surface area (Å²) in [6, 6.07) is 5.50. The van der Waals surface area contributed by atoms with Gasteiger partial charge in [-0.25, -0.2) is 4.98 Å². The minimum atomic E-state index is -0.628. The van der Waals surface area contributed by atoms with Crippen LogP contribution in [0.2, 0.25) is 0 Å². The molecule has 1 aromatic carbocycles. The minimum absolute atomic E-state index is 0.203. The van der Waals surface area contributed by atoms with E-state index in [4.69, 9.17) is 14.2 Å². The van der Waals surface area contributed by atoms with Crippen LogP contribution in [-0.2, 0) is 22.6 Å². The molecule has 0 amide bonds. The van der Waals surface area contributed by atoms with Crippen LogP contribution >= 0.6 is 11.8 Å². The second kappa shape index (κ2) is 9.69. The molecule has 0 unspecified atom stereocenters. The van der Waals surface area contributed by atoms with E-state index in [0.29, 0.717) is 28.9 Å². The minimum Gasteiger partial charge on any atom is -0.493 e. The summed E-state index contributed by atoms with van der Waals surface area (Å²) in [6.07, 6.45) is 3.27. The molecule has 0 aliphatic rings. The molecule has 0 saturated carbocycles. The summed E-state index contributed by atoms with van der Waals surface area (Å²) in [6.45, 7) is 5.51. The molecule has 0 bridgehead atoms. The van der Waals surface area contributed by atoms with E-state index in [1.54, 1.807) is 47.3 Å². The number of benzene rings is 1. The first kappa shape index (κ1) is 22.6. The maximum Gasteiger partial charge on any atom is 0.326 e. The van der Waals surface area contributed by atoms with Crippen LogP contribution in [0.5, 0.6) is 11.5 Å². The molecule has 9 heteroatoms. The third-order valence-corrected chi connectivity index (χ3v) is 4.52. The highest BCUT2D eigenvalue weighted by molar-refractivity contribution is 7.98. The van der Waals surface area contributed by atoms with E-state index in [0.717, 1.165) is 5.56 Å². The number of esters is 1. The molecular weight excluding hydrogens is 394 g/mol. The van der Waals surface area contributed by atoms with Crippen LogP contribution in [0, 0.1) is 0 Å². The van der Waals surface area contributed by atoms with Crippen molar-refractivity contribution in [3.05, 3.63) is 40.3 Å². The van der Waals surface area contributed by atoms with Crippen LogP contribution in [0.3, 0.4) is 0 Å². The summed E-state index contributed by atoms with van der Waals surface area (Å²) in [7, 11) is 3.14. The van der Waals surface area contributed by atoms with Crippen LogP contribution < -0.4 is 20.3 Å². The summed E-state index contributed by atoms with van der Waals surface area (Å²) in [5.41, 5.74) is 0.225. The van der Waals surface area contributed by atoms with Crippen molar-refractivity contribution in [3.8, 4) is 11.5 Å². The molecule has 0 aliphatic heterocycles. The SMILES string of the molecule is COc1ccc(CNc2cnc(SC)n(CC(=O)OC(C)(C)C)c2=O)cc1OC. The fourth-order valence-electron chi connectivity index (χ4n) is 2.59. The molecule has 1 N–H and O–H groups in total. The average Bonchev–Trinajstić information content (AvgIpc) is 2.66. The van der Waals surface area contributed by atoms with Gasteiger partial charge in [0.05, 0.1) is 20.4 Å². The van der Waals surface area contributed by atoms with Gasteiger partial charge in [-0.2, -0.15) is 0 Å². The maximum atomic E-state index is 12.9. The highest BCUT2D eigenvalue weighted by Gasteiger charge is 2.19. The molecule has 8 nitrogen and oxygen atoms in total. The highest BCUT2D eigenvalue weighted by Crippen LogP contribution is 2.27. The molecule has 158 valence electrons. The maximum absolute atomic E-state index is 12.9. The summed E-state index contributed by atoms with van der Waals surface area (Å²) in [4.78, 5) is 29.4. The van der Waals surface area contributed by atoms with Crippen molar-refractivity contribution in [2.75, 3.05) is 25.8 Å². The van der Waals surface area contributed by atoms with E-state index in [1.165, 1.54) is 22.5 Å². The second-order valence-corrected chi connectivity index (χ2v) is 7.95. The third kappa shape index (κ3) is 6.15. The van der Waals surface area contributed by atoms with Gasteiger partial charge in [-0.05, 0) is 44.7 Å². The van der Waals surface area contributed by atoms with E-state index in [9.17, 15) is 9.59 Å². The number of carbonyl (C=O) groups excluding carboxylic acids is 1. The van der Waals surface area contributed by atoms with Crippen LogP contribution in [0.15, 0.2) is 34.3 Å². The number of methoxy groups -OCH3 is 2. The van der Waals surface area contributed by atoms with Gasteiger partial charge in [0.1, 0.15) is 17.8 Å². The highest BCUT2D eigenvalue weighted by atomic mass is 32.2. The molecule has 0 atom stereocenters. The number of hydrogen-bond donors (Lipinski definition) is 1. The lowest BCUT2D eigenvalue weighted by atomic mass is 10.2. The molecule has 0 radical (unpaired) electrons. The van der Waals surface area contributed by atoms with Crippen LogP contribution in [-0.4, -0.2) is 41.6 Å². The van der Waals surface area contributed by atoms with Crippen molar-refractivity contribution >= 4 is 23.4 Å². The van der Waals surface area contributed by atoms with Crippen molar-refractivity contribution in [1.29, 1.82) is 0 Å². The van der Waals surface area contributed by atoms with E-state index in [-0.39, 0.29) is 12.1 Å². The Morgan fingerprint density at radius 1 is 1.21 bits per heavy atom. The topological polar surface area (TPSA) is 91.7 Å². The molecule has 0 fully saturated rings. The lowest BCUT2D eigenvalue weighted by Crippen LogP contribution is -2.32. The Balaban J connectivity index is 2.22. The summed E-state index contributed by atoms with van der Waals surface area (Å²) < 4.78 is 17.2. The van der Waals surface area contributed by atoms with Gasteiger partial charge in [0.25, 0.3) is 5.56 Å². The number of anilines is 1. The zero-order valence-electron chi connectivity index (χ0n) is 17.6. The number of rotatable bonds is 8. The van der Waals surface area contributed by atoms with Gasteiger partial charge in [-0.3, -0.25) is 14.2 Å². The number of hydrogen-bond acceptors (Lipinski definition) is 8. The lowest BCUT2D eigenvalue weighted by Gasteiger charge is -2.20. The van der Waals surface area contributed by atoms with E-state index in [1.807, 2.05) is 12.1 Å². The van der Waals surface area contributed by atoms with Gasteiger partial charge in [0, 0.05) is 6.54 Å². The Hall–Kier alpha value is -2.68. The number of aromatic nitrogens is 2. The smallest absolute Gasteiger partial charge is 0.326 e. The normalized spacial score (nSPS) is 11.1. The monoisotopic (exact) mass is 421 g/mol. The summed E-state index contributed by atoms with van der Waals surface area (Å²) >= 11 is 1.29. The number of nitrogens with zero attached hydrogens (tertiary/aromatic N) is 2. The quantitative estimate of drug-likeness (QED) is 0.395. The van der Waals surface area contributed by atoms with E-state index >= 15 is 0 Å². The molecule has 0 spiro atoms. The van der Waals surface area contributed by atoms with Crippen molar-refractivity contribution in [2.24, 2.45) is 0 Å². The zero-order valence-corrected chi connectivity index (χ0v) is 18.4. The second-order valence-electron chi connectivity index (χ2n) is 7.18. The summed E-state index contributed by atoms with van der Waals surface area (Å²) in [5, 5.41) is 3.52. The largest absolute Gasteiger partial charge is 0.493 e. The fraction of sp³-hybridized carbons (Fsp3) is 0.450. The first-order valence-electron chi connectivity index (χ1n) is 8.99. The fourth-order valence-corrected chi connectivity index (χ4v) is 3.12. The first-order chi connectivity index (χ1) is 13.7. The predicted octanol–water partition coefficient (Wildman–Crippen LogP) is 2.94. The average molecular weight is 422 g/mol. The first-order valence-corrected chi connectivity index (χ1v) is 10.2. The van der Waals surface area contributed by atoms with Gasteiger partial charge in [-0.1, -0.05) is 17.8 Å². The molecule has 2 aromatic rings. The van der Waals surface area contributed by atoms with Crippen molar-refractivity contribution in [3.63, 3.8) is 0 Å². The van der Waals surface area contributed by atoms with Gasteiger partial charge in [-0.15, -0.1) is 0 Å². The van der Waals surface area contributed by atoms with E-state index in [2.05, 4.69) is 10.3 Å². The Morgan fingerprint density at radius 2 is 1.90 bits per heavy atom. The Labute approximate surface area is 174 Å².